The van der Waals surface area contributed by atoms with Crippen molar-refractivity contribution in [3.05, 3.63) is 12.2 Å². The molecule has 0 aromatic carbocycles. The second-order valence-corrected chi connectivity index (χ2v) is 6.58. The van der Waals surface area contributed by atoms with E-state index in [4.69, 9.17) is 9.47 Å². The summed E-state index contributed by atoms with van der Waals surface area (Å²) in [6, 6.07) is 0. The standard InChI is InChI=1S/C18H32O2/c1-3-5-6-8-16-13-19-18(20-14-16)17-11-9-15(7-4-2)10-12-17/h6,8,15-18H,3-5,7,9-14H2,1-2H3. The summed E-state index contributed by atoms with van der Waals surface area (Å²) in [4.78, 5) is 0. The predicted molar refractivity (Wildman–Crippen MR) is 83.6 cm³/mol. The fourth-order valence-corrected chi connectivity index (χ4v) is 3.53. The summed E-state index contributed by atoms with van der Waals surface area (Å²) in [6.07, 6.45) is 15.1. The van der Waals surface area contributed by atoms with Crippen molar-refractivity contribution >= 4 is 0 Å². The summed E-state index contributed by atoms with van der Waals surface area (Å²) < 4.78 is 12.0. The van der Waals surface area contributed by atoms with Crippen LogP contribution in [-0.4, -0.2) is 19.5 Å². The third kappa shape index (κ3) is 4.89. The first-order valence-corrected chi connectivity index (χ1v) is 8.73. The molecule has 1 saturated carbocycles. The zero-order chi connectivity index (χ0) is 14.2. The smallest absolute Gasteiger partial charge is 0.160 e. The monoisotopic (exact) mass is 280 g/mol. The van der Waals surface area contributed by atoms with Crippen LogP contribution in [0.25, 0.3) is 0 Å². The lowest BCUT2D eigenvalue weighted by molar-refractivity contribution is -0.223. The molecule has 0 spiro atoms. The number of hydrogen-bond donors (Lipinski definition) is 0. The minimum absolute atomic E-state index is 0.0772. The molecule has 0 bridgehead atoms. The van der Waals surface area contributed by atoms with E-state index in [1.165, 1.54) is 51.4 Å². The molecule has 2 heteroatoms. The van der Waals surface area contributed by atoms with Gasteiger partial charge in [0.05, 0.1) is 13.2 Å². The molecule has 0 unspecified atom stereocenters. The summed E-state index contributed by atoms with van der Waals surface area (Å²) in [7, 11) is 0. The van der Waals surface area contributed by atoms with E-state index in [9.17, 15) is 0 Å². The molecule has 2 fully saturated rings. The fraction of sp³-hybridized carbons (Fsp3) is 0.889. The molecule has 0 atom stereocenters. The lowest BCUT2D eigenvalue weighted by Crippen LogP contribution is -2.38. The Kier molecular flexibility index (Phi) is 7.09. The Balaban J connectivity index is 1.67. The molecule has 0 aromatic rings. The normalized spacial score (nSPS) is 35.5. The molecule has 0 radical (unpaired) electrons. The van der Waals surface area contributed by atoms with Crippen LogP contribution in [0, 0.1) is 17.8 Å². The van der Waals surface area contributed by atoms with Crippen LogP contribution in [0.5, 0.6) is 0 Å². The Morgan fingerprint density at radius 3 is 2.25 bits per heavy atom. The number of hydrogen-bond acceptors (Lipinski definition) is 2. The average molecular weight is 280 g/mol. The highest BCUT2D eigenvalue weighted by Gasteiger charge is 2.31. The lowest BCUT2D eigenvalue weighted by Gasteiger charge is -2.37. The van der Waals surface area contributed by atoms with Crippen molar-refractivity contribution in [2.45, 2.75) is 71.5 Å². The Morgan fingerprint density at radius 2 is 1.65 bits per heavy atom. The van der Waals surface area contributed by atoms with Gasteiger partial charge in [-0.25, -0.2) is 0 Å². The minimum Gasteiger partial charge on any atom is -0.352 e. The van der Waals surface area contributed by atoms with Gasteiger partial charge in [0.2, 0.25) is 0 Å². The maximum atomic E-state index is 5.98. The summed E-state index contributed by atoms with van der Waals surface area (Å²) in [5.74, 6) is 2.07. The molecule has 2 nitrogen and oxygen atoms in total. The van der Waals surface area contributed by atoms with Crippen LogP contribution >= 0.6 is 0 Å². The molecule has 0 amide bonds. The van der Waals surface area contributed by atoms with Crippen molar-refractivity contribution in [3.8, 4) is 0 Å². The highest BCUT2D eigenvalue weighted by Crippen LogP contribution is 2.35. The van der Waals surface area contributed by atoms with Crippen LogP contribution in [0.15, 0.2) is 12.2 Å². The zero-order valence-electron chi connectivity index (χ0n) is 13.4. The van der Waals surface area contributed by atoms with Gasteiger partial charge in [-0.15, -0.1) is 0 Å². The molecule has 0 N–H and O–H groups in total. The molecule has 0 aromatic heterocycles. The summed E-state index contributed by atoms with van der Waals surface area (Å²) in [6.45, 7) is 6.20. The van der Waals surface area contributed by atoms with E-state index < -0.39 is 0 Å². The number of rotatable bonds is 6. The lowest BCUT2D eigenvalue weighted by atomic mass is 9.79. The van der Waals surface area contributed by atoms with Gasteiger partial charge in [0.25, 0.3) is 0 Å². The SMILES string of the molecule is CCCC=CC1COC(C2CCC(CCC)CC2)OC1. The first-order valence-electron chi connectivity index (χ1n) is 8.73. The van der Waals surface area contributed by atoms with Crippen molar-refractivity contribution in [1.82, 2.24) is 0 Å². The van der Waals surface area contributed by atoms with Crippen LogP contribution in [-0.2, 0) is 9.47 Å². The van der Waals surface area contributed by atoms with Gasteiger partial charge in [-0.1, -0.05) is 45.3 Å². The highest BCUT2D eigenvalue weighted by atomic mass is 16.7. The van der Waals surface area contributed by atoms with Gasteiger partial charge in [0, 0.05) is 11.8 Å². The molecule has 2 aliphatic rings. The molecule has 1 heterocycles. The zero-order valence-corrected chi connectivity index (χ0v) is 13.4. The second-order valence-electron chi connectivity index (χ2n) is 6.58. The van der Waals surface area contributed by atoms with Gasteiger partial charge in [-0.3, -0.25) is 0 Å². The number of allylic oxidation sites excluding steroid dienone is 1. The van der Waals surface area contributed by atoms with E-state index in [1.807, 2.05) is 0 Å². The Morgan fingerprint density at radius 1 is 0.950 bits per heavy atom. The molecule has 1 aliphatic heterocycles. The van der Waals surface area contributed by atoms with Gasteiger partial charge in [0.1, 0.15) is 0 Å². The third-order valence-electron chi connectivity index (χ3n) is 4.79. The third-order valence-corrected chi connectivity index (χ3v) is 4.79. The van der Waals surface area contributed by atoms with E-state index in [0.29, 0.717) is 11.8 Å². The Labute approximate surface area is 124 Å². The van der Waals surface area contributed by atoms with Crippen LogP contribution in [0.3, 0.4) is 0 Å². The summed E-state index contributed by atoms with van der Waals surface area (Å²) in [5, 5.41) is 0. The largest absolute Gasteiger partial charge is 0.352 e. The Hall–Kier alpha value is -0.340. The van der Waals surface area contributed by atoms with Gasteiger partial charge in [0.15, 0.2) is 6.29 Å². The summed E-state index contributed by atoms with van der Waals surface area (Å²) >= 11 is 0. The minimum atomic E-state index is 0.0772. The molecule has 1 aliphatic carbocycles. The van der Waals surface area contributed by atoms with Gasteiger partial charge in [-0.2, -0.15) is 0 Å². The van der Waals surface area contributed by atoms with Gasteiger partial charge >= 0.3 is 0 Å². The maximum Gasteiger partial charge on any atom is 0.160 e. The van der Waals surface area contributed by atoms with Crippen LogP contribution in [0.2, 0.25) is 0 Å². The van der Waals surface area contributed by atoms with Crippen molar-refractivity contribution < 1.29 is 9.47 Å². The Bertz CT molecular complexity index is 271. The topological polar surface area (TPSA) is 18.5 Å². The van der Waals surface area contributed by atoms with E-state index in [0.717, 1.165) is 19.1 Å². The average Bonchev–Trinajstić information content (AvgIpc) is 2.49. The number of unbranched alkanes of at least 4 members (excludes halogenated alkanes) is 1. The van der Waals surface area contributed by atoms with Gasteiger partial charge < -0.3 is 9.47 Å². The molecular weight excluding hydrogens is 248 g/mol. The van der Waals surface area contributed by atoms with E-state index >= 15 is 0 Å². The highest BCUT2D eigenvalue weighted by molar-refractivity contribution is 4.90. The molecule has 2 rings (SSSR count). The second kappa shape index (κ2) is 8.84. The van der Waals surface area contributed by atoms with Crippen molar-refractivity contribution in [3.63, 3.8) is 0 Å². The van der Waals surface area contributed by atoms with Crippen LogP contribution in [0.4, 0.5) is 0 Å². The van der Waals surface area contributed by atoms with E-state index in [1.54, 1.807) is 0 Å². The first kappa shape index (κ1) is 16.0. The van der Waals surface area contributed by atoms with Crippen molar-refractivity contribution in [2.75, 3.05) is 13.2 Å². The predicted octanol–water partition coefficient (Wildman–Crippen LogP) is 4.94. The van der Waals surface area contributed by atoms with E-state index in [2.05, 4.69) is 26.0 Å². The van der Waals surface area contributed by atoms with Gasteiger partial charge in [-0.05, 0) is 38.0 Å². The number of ether oxygens (including phenoxy) is 2. The van der Waals surface area contributed by atoms with Crippen molar-refractivity contribution in [2.24, 2.45) is 17.8 Å². The van der Waals surface area contributed by atoms with E-state index in [-0.39, 0.29) is 6.29 Å². The quantitative estimate of drug-likeness (QED) is 0.642. The first-order chi connectivity index (χ1) is 9.83. The molecule has 20 heavy (non-hydrogen) atoms. The van der Waals surface area contributed by atoms with Crippen LogP contribution < -0.4 is 0 Å². The molecule has 116 valence electrons. The molecular formula is C18H32O2. The fourth-order valence-electron chi connectivity index (χ4n) is 3.53. The van der Waals surface area contributed by atoms with Crippen molar-refractivity contribution in [1.29, 1.82) is 0 Å². The summed E-state index contributed by atoms with van der Waals surface area (Å²) in [5.41, 5.74) is 0. The maximum absolute atomic E-state index is 5.98. The molecule has 1 saturated heterocycles. The van der Waals surface area contributed by atoms with Crippen LogP contribution in [0.1, 0.15) is 65.2 Å².